The van der Waals surface area contributed by atoms with Crippen LogP contribution in [0.25, 0.3) is 0 Å². The van der Waals surface area contributed by atoms with Crippen molar-refractivity contribution in [3.63, 3.8) is 0 Å². The zero-order valence-corrected chi connectivity index (χ0v) is 9.18. The number of halogens is 3. The van der Waals surface area contributed by atoms with Gasteiger partial charge < -0.3 is 5.32 Å². The highest BCUT2D eigenvalue weighted by molar-refractivity contribution is 9.10. The van der Waals surface area contributed by atoms with Crippen LogP contribution in [0.2, 0.25) is 0 Å². The molecule has 3 nitrogen and oxygen atoms in total. The molecule has 0 unspecified atom stereocenters. The molecule has 14 heavy (non-hydrogen) atoms. The van der Waals surface area contributed by atoms with Crippen molar-refractivity contribution in [2.45, 2.75) is 19.8 Å². The smallest absolute Gasteiger partial charge is 0.255 e. The molecule has 1 heterocycles. The molecule has 1 aromatic heterocycles. The van der Waals surface area contributed by atoms with E-state index in [-0.39, 0.29) is 0 Å². The van der Waals surface area contributed by atoms with E-state index in [0.717, 1.165) is 0 Å². The minimum Gasteiger partial charge on any atom is -0.364 e. The highest BCUT2D eigenvalue weighted by Gasteiger charge is 2.04. The molecule has 0 atom stereocenters. The van der Waals surface area contributed by atoms with Crippen molar-refractivity contribution in [3.8, 4) is 0 Å². The van der Waals surface area contributed by atoms with Gasteiger partial charge in [-0.15, -0.1) is 0 Å². The largest absolute Gasteiger partial charge is 0.364 e. The van der Waals surface area contributed by atoms with Crippen LogP contribution < -0.4 is 5.32 Å². The number of hydrogen-bond donors (Lipinski definition) is 1. The van der Waals surface area contributed by atoms with Crippen molar-refractivity contribution in [2.75, 3.05) is 11.9 Å². The molecule has 0 fully saturated rings. The van der Waals surface area contributed by atoms with E-state index >= 15 is 0 Å². The predicted octanol–water partition coefficient (Wildman–Crippen LogP) is 2.48. The highest BCUT2D eigenvalue weighted by atomic mass is 79.9. The molecule has 0 saturated carbocycles. The summed E-state index contributed by atoms with van der Waals surface area (Å²) in [4.78, 5) is 8.10. The van der Waals surface area contributed by atoms with Crippen molar-refractivity contribution < 1.29 is 8.78 Å². The summed E-state index contributed by atoms with van der Waals surface area (Å²) in [6, 6.07) is 1.57. The van der Waals surface area contributed by atoms with Crippen molar-refractivity contribution in [2.24, 2.45) is 0 Å². The molecule has 6 heteroatoms. The molecule has 0 aromatic carbocycles. The molecule has 0 aliphatic heterocycles. The zero-order chi connectivity index (χ0) is 10.6. The van der Waals surface area contributed by atoms with Gasteiger partial charge in [0.25, 0.3) is 6.43 Å². The van der Waals surface area contributed by atoms with Gasteiger partial charge >= 0.3 is 0 Å². The molecule has 0 saturated heterocycles. The lowest BCUT2D eigenvalue weighted by molar-refractivity contribution is 0.163. The average Bonchev–Trinajstić information content (AvgIpc) is 2.14. The van der Waals surface area contributed by atoms with E-state index in [1.54, 1.807) is 6.07 Å². The Bertz CT molecular complexity index is 307. The zero-order valence-electron chi connectivity index (χ0n) is 7.60. The topological polar surface area (TPSA) is 37.8 Å². The normalized spacial score (nSPS) is 10.6. The second kappa shape index (κ2) is 5.19. The molecule has 0 radical (unpaired) electrons. The van der Waals surface area contributed by atoms with Crippen LogP contribution >= 0.6 is 15.9 Å². The van der Waals surface area contributed by atoms with Gasteiger partial charge in [0, 0.05) is 12.5 Å². The summed E-state index contributed by atoms with van der Waals surface area (Å²) in [5.41, 5.74) is 0. The summed E-state index contributed by atoms with van der Waals surface area (Å²) in [5, 5.41) is 2.53. The molecule has 78 valence electrons. The highest BCUT2D eigenvalue weighted by Crippen LogP contribution is 2.12. The third-order valence-corrected chi connectivity index (χ3v) is 1.90. The summed E-state index contributed by atoms with van der Waals surface area (Å²) in [6.07, 6.45) is -1.71. The molecule has 1 aromatic rings. The summed E-state index contributed by atoms with van der Waals surface area (Å²) in [5.74, 6) is 1.04. The molecule has 0 spiro atoms. The van der Waals surface area contributed by atoms with Gasteiger partial charge in [0.15, 0.2) is 0 Å². The molecule has 1 N–H and O–H groups in total. The maximum absolute atomic E-state index is 11.9. The Hall–Kier alpha value is -0.780. The minimum atomic E-state index is -2.38. The van der Waals surface area contributed by atoms with Gasteiger partial charge in [-0.3, -0.25) is 0 Å². The van der Waals surface area contributed by atoms with Crippen LogP contribution in [0.1, 0.15) is 12.7 Å². The Balaban J connectivity index is 2.71. The van der Waals surface area contributed by atoms with E-state index in [1.807, 2.05) is 6.92 Å². The fourth-order valence-electron chi connectivity index (χ4n) is 0.895. The van der Waals surface area contributed by atoms with Crippen molar-refractivity contribution in [3.05, 3.63) is 16.5 Å². The predicted molar refractivity (Wildman–Crippen MR) is 53.6 cm³/mol. The average molecular weight is 266 g/mol. The number of anilines is 1. The molecule has 0 bridgehead atoms. The van der Waals surface area contributed by atoms with E-state index in [4.69, 9.17) is 0 Å². The van der Waals surface area contributed by atoms with Crippen LogP contribution in [0.4, 0.5) is 14.6 Å². The molecule has 0 aliphatic rings. The summed E-state index contributed by atoms with van der Waals surface area (Å²) >= 11 is 3.18. The van der Waals surface area contributed by atoms with E-state index < -0.39 is 13.0 Å². The quantitative estimate of drug-likeness (QED) is 0.851. The number of nitrogens with zero attached hydrogens (tertiary/aromatic N) is 2. The van der Waals surface area contributed by atoms with Crippen LogP contribution in [-0.4, -0.2) is 22.9 Å². The summed E-state index contributed by atoms with van der Waals surface area (Å²) < 4.78 is 24.4. The number of alkyl halides is 2. The summed E-state index contributed by atoms with van der Waals surface area (Å²) in [7, 11) is 0. The fraction of sp³-hybridized carbons (Fsp3) is 0.500. The van der Waals surface area contributed by atoms with Gasteiger partial charge in [-0.25, -0.2) is 18.7 Å². The van der Waals surface area contributed by atoms with Crippen molar-refractivity contribution in [1.29, 1.82) is 0 Å². The first kappa shape index (κ1) is 11.3. The lowest BCUT2D eigenvalue weighted by atomic mass is 10.4. The Labute approximate surface area is 89.1 Å². The van der Waals surface area contributed by atoms with Gasteiger partial charge in [0.2, 0.25) is 0 Å². The number of aryl methyl sites for hydroxylation is 1. The van der Waals surface area contributed by atoms with Crippen LogP contribution in [0.3, 0.4) is 0 Å². The van der Waals surface area contributed by atoms with Crippen LogP contribution in [-0.2, 0) is 6.42 Å². The maximum atomic E-state index is 11.9. The first-order valence-corrected chi connectivity index (χ1v) is 4.96. The van der Waals surface area contributed by atoms with Gasteiger partial charge in [0.05, 0.1) is 6.54 Å². The van der Waals surface area contributed by atoms with Crippen molar-refractivity contribution in [1.82, 2.24) is 9.97 Å². The Morgan fingerprint density at radius 3 is 2.79 bits per heavy atom. The van der Waals surface area contributed by atoms with E-state index in [9.17, 15) is 8.78 Å². The maximum Gasteiger partial charge on any atom is 0.255 e. The minimum absolute atomic E-state index is 0.396. The SMILES string of the molecule is CCc1nc(Br)cc(NCC(F)F)n1. The van der Waals surface area contributed by atoms with E-state index in [0.29, 0.717) is 22.7 Å². The molecule has 0 aliphatic carbocycles. The van der Waals surface area contributed by atoms with Gasteiger partial charge in [0.1, 0.15) is 16.2 Å². The third kappa shape index (κ3) is 3.53. The van der Waals surface area contributed by atoms with E-state index in [2.05, 4.69) is 31.2 Å². The van der Waals surface area contributed by atoms with Crippen molar-refractivity contribution >= 4 is 21.7 Å². The van der Waals surface area contributed by atoms with Gasteiger partial charge in [-0.2, -0.15) is 0 Å². The van der Waals surface area contributed by atoms with Crippen LogP contribution in [0, 0.1) is 0 Å². The first-order valence-electron chi connectivity index (χ1n) is 4.17. The second-order valence-electron chi connectivity index (χ2n) is 2.62. The number of rotatable bonds is 4. The third-order valence-electron chi connectivity index (χ3n) is 1.49. The molecular formula is C8H10BrF2N3. The lowest BCUT2D eigenvalue weighted by Crippen LogP contribution is -2.12. The number of aromatic nitrogens is 2. The molecule has 0 amide bonds. The summed E-state index contributed by atoms with van der Waals surface area (Å²) in [6.45, 7) is 1.51. The monoisotopic (exact) mass is 265 g/mol. The van der Waals surface area contributed by atoms with E-state index in [1.165, 1.54) is 0 Å². The number of hydrogen-bond acceptors (Lipinski definition) is 3. The van der Waals surface area contributed by atoms with Crippen LogP contribution in [0.15, 0.2) is 10.7 Å². The van der Waals surface area contributed by atoms with Gasteiger partial charge in [-0.1, -0.05) is 6.92 Å². The second-order valence-corrected chi connectivity index (χ2v) is 3.43. The Morgan fingerprint density at radius 1 is 1.50 bits per heavy atom. The van der Waals surface area contributed by atoms with Crippen LogP contribution in [0.5, 0.6) is 0 Å². The molecular weight excluding hydrogens is 256 g/mol. The fourth-order valence-corrected chi connectivity index (χ4v) is 1.32. The Morgan fingerprint density at radius 2 is 2.21 bits per heavy atom. The first-order chi connectivity index (χ1) is 6.61. The van der Waals surface area contributed by atoms with Gasteiger partial charge in [-0.05, 0) is 15.9 Å². The Kier molecular flexibility index (Phi) is 4.19. The molecule has 1 rings (SSSR count). The lowest BCUT2D eigenvalue weighted by Gasteiger charge is -2.06. The standard InChI is InChI=1S/C8H10BrF2N3/c1-2-7-13-5(9)3-8(14-7)12-4-6(10)11/h3,6H,2,4H2,1H3,(H,12,13,14). The number of nitrogens with one attached hydrogen (secondary N) is 1.